The van der Waals surface area contributed by atoms with E-state index in [0.29, 0.717) is 12.3 Å². The Labute approximate surface area is 133 Å². The molecule has 0 atom stereocenters. The van der Waals surface area contributed by atoms with Crippen molar-refractivity contribution in [1.29, 1.82) is 0 Å². The largest absolute Gasteiger partial charge is 0.494 e. The minimum absolute atomic E-state index is 0.0571. The number of carbonyl (C=O) groups excluding carboxylic acids is 1. The van der Waals surface area contributed by atoms with Crippen LogP contribution in [-0.2, 0) is 0 Å². The molecule has 2 aromatic rings. The SMILES string of the molecule is CCOc1ccc(NC(=S)NC(=O)c2ccccc2F)cc1. The summed E-state index contributed by atoms with van der Waals surface area (Å²) < 4.78 is 18.8. The third-order valence-electron chi connectivity index (χ3n) is 2.77. The van der Waals surface area contributed by atoms with Gasteiger partial charge in [-0.05, 0) is 55.5 Å². The van der Waals surface area contributed by atoms with Crippen molar-refractivity contribution >= 4 is 28.9 Å². The second-order valence-corrected chi connectivity index (χ2v) is 4.75. The fourth-order valence-electron chi connectivity index (χ4n) is 1.78. The van der Waals surface area contributed by atoms with Crippen molar-refractivity contribution in [2.45, 2.75) is 6.92 Å². The van der Waals surface area contributed by atoms with E-state index in [1.54, 1.807) is 30.3 Å². The summed E-state index contributed by atoms with van der Waals surface area (Å²) in [7, 11) is 0. The Bertz CT molecular complexity index is 674. The van der Waals surface area contributed by atoms with Crippen LogP contribution in [0.1, 0.15) is 17.3 Å². The van der Waals surface area contributed by atoms with Gasteiger partial charge in [-0.15, -0.1) is 0 Å². The number of hydrogen-bond acceptors (Lipinski definition) is 3. The van der Waals surface area contributed by atoms with Crippen LogP contribution < -0.4 is 15.4 Å². The van der Waals surface area contributed by atoms with E-state index in [9.17, 15) is 9.18 Å². The molecule has 0 bridgehead atoms. The van der Waals surface area contributed by atoms with E-state index in [4.69, 9.17) is 17.0 Å². The van der Waals surface area contributed by atoms with Crippen molar-refractivity contribution in [3.63, 3.8) is 0 Å². The average molecular weight is 318 g/mol. The molecule has 22 heavy (non-hydrogen) atoms. The molecule has 0 aromatic heterocycles. The van der Waals surface area contributed by atoms with Gasteiger partial charge in [-0.25, -0.2) is 4.39 Å². The zero-order valence-corrected chi connectivity index (χ0v) is 12.7. The van der Waals surface area contributed by atoms with E-state index in [0.717, 1.165) is 5.75 Å². The molecule has 0 radical (unpaired) electrons. The molecule has 0 saturated carbocycles. The molecule has 0 saturated heterocycles. The smallest absolute Gasteiger partial charge is 0.260 e. The average Bonchev–Trinajstić information content (AvgIpc) is 2.50. The highest BCUT2D eigenvalue weighted by Crippen LogP contribution is 2.15. The number of amides is 1. The van der Waals surface area contributed by atoms with Gasteiger partial charge in [0.15, 0.2) is 5.11 Å². The normalized spacial score (nSPS) is 9.91. The summed E-state index contributed by atoms with van der Waals surface area (Å²) in [5.41, 5.74) is 0.639. The Morgan fingerprint density at radius 1 is 1.18 bits per heavy atom. The van der Waals surface area contributed by atoms with Crippen LogP contribution in [0.3, 0.4) is 0 Å². The van der Waals surface area contributed by atoms with Crippen molar-refractivity contribution < 1.29 is 13.9 Å². The summed E-state index contributed by atoms with van der Waals surface area (Å²) in [5.74, 6) is -0.445. The first-order valence-corrected chi connectivity index (χ1v) is 7.10. The molecule has 0 aliphatic rings. The maximum absolute atomic E-state index is 13.5. The Hall–Kier alpha value is -2.47. The van der Waals surface area contributed by atoms with Crippen LogP contribution in [0.2, 0.25) is 0 Å². The van der Waals surface area contributed by atoms with Crippen molar-refractivity contribution in [3.8, 4) is 5.75 Å². The summed E-state index contributed by atoms with van der Waals surface area (Å²) in [6.45, 7) is 2.49. The molecule has 2 N–H and O–H groups in total. The number of thiocarbonyl (C=S) groups is 1. The van der Waals surface area contributed by atoms with Gasteiger partial charge in [0, 0.05) is 5.69 Å². The lowest BCUT2D eigenvalue weighted by atomic mass is 10.2. The zero-order chi connectivity index (χ0) is 15.9. The molecule has 1 amide bonds. The number of anilines is 1. The summed E-state index contributed by atoms with van der Waals surface area (Å²) >= 11 is 5.04. The number of carbonyl (C=O) groups is 1. The molecule has 0 spiro atoms. The lowest BCUT2D eigenvalue weighted by Gasteiger charge is -2.10. The van der Waals surface area contributed by atoms with Gasteiger partial charge in [0.25, 0.3) is 5.91 Å². The summed E-state index contributed by atoms with van der Waals surface area (Å²) in [6.07, 6.45) is 0. The quantitative estimate of drug-likeness (QED) is 0.849. The number of hydrogen-bond donors (Lipinski definition) is 2. The van der Waals surface area contributed by atoms with Gasteiger partial charge in [0.2, 0.25) is 0 Å². The monoisotopic (exact) mass is 318 g/mol. The first-order chi connectivity index (χ1) is 10.6. The van der Waals surface area contributed by atoms with Crippen molar-refractivity contribution in [3.05, 3.63) is 59.9 Å². The van der Waals surface area contributed by atoms with E-state index in [-0.39, 0.29) is 10.7 Å². The second-order valence-electron chi connectivity index (χ2n) is 4.35. The molecule has 2 aromatic carbocycles. The van der Waals surface area contributed by atoms with Crippen LogP contribution in [0.25, 0.3) is 0 Å². The third kappa shape index (κ3) is 4.26. The minimum Gasteiger partial charge on any atom is -0.494 e. The van der Waals surface area contributed by atoms with Crippen LogP contribution in [0.5, 0.6) is 5.75 Å². The molecule has 6 heteroatoms. The van der Waals surface area contributed by atoms with E-state index < -0.39 is 11.7 Å². The van der Waals surface area contributed by atoms with Crippen LogP contribution in [0.15, 0.2) is 48.5 Å². The van der Waals surface area contributed by atoms with Gasteiger partial charge in [0.1, 0.15) is 11.6 Å². The molecular weight excluding hydrogens is 303 g/mol. The fraction of sp³-hybridized carbons (Fsp3) is 0.125. The molecule has 0 aliphatic heterocycles. The number of nitrogens with one attached hydrogen (secondary N) is 2. The Kier molecular flexibility index (Phi) is 5.43. The van der Waals surface area contributed by atoms with Gasteiger partial charge < -0.3 is 10.1 Å². The molecular formula is C16H15FN2O2S. The highest BCUT2D eigenvalue weighted by molar-refractivity contribution is 7.80. The Morgan fingerprint density at radius 3 is 2.50 bits per heavy atom. The lowest BCUT2D eigenvalue weighted by Crippen LogP contribution is -2.34. The van der Waals surface area contributed by atoms with Crippen molar-refractivity contribution in [1.82, 2.24) is 5.32 Å². The highest BCUT2D eigenvalue weighted by Gasteiger charge is 2.12. The fourth-order valence-corrected chi connectivity index (χ4v) is 1.99. The van der Waals surface area contributed by atoms with Gasteiger partial charge in [-0.1, -0.05) is 12.1 Å². The van der Waals surface area contributed by atoms with E-state index in [1.165, 1.54) is 18.2 Å². The number of halogens is 1. The van der Waals surface area contributed by atoms with Crippen LogP contribution in [-0.4, -0.2) is 17.6 Å². The van der Waals surface area contributed by atoms with E-state index in [1.807, 2.05) is 6.92 Å². The first kappa shape index (κ1) is 15.9. The second kappa shape index (κ2) is 7.51. The van der Waals surface area contributed by atoms with E-state index >= 15 is 0 Å². The predicted molar refractivity (Wildman–Crippen MR) is 87.7 cm³/mol. The van der Waals surface area contributed by atoms with Gasteiger partial charge >= 0.3 is 0 Å². The summed E-state index contributed by atoms with van der Waals surface area (Å²) in [4.78, 5) is 11.9. The first-order valence-electron chi connectivity index (χ1n) is 6.70. The van der Waals surface area contributed by atoms with Crippen LogP contribution >= 0.6 is 12.2 Å². The topological polar surface area (TPSA) is 50.4 Å². The van der Waals surface area contributed by atoms with Crippen molar-refractivity contribution in [2.75, 3.05) is 11.9 Å². The molecule has 0 fully saturated rings. The molecule has 2 rings (SSSR count). The number of rotatable bonds is 4. The maximum Gasteiger partial charge on any atom is 0.260 e. The van der Waals surface area contributed by atoms with Gasteiger partial charge in [0.05, 0.1) is 12.2 Å². The van der Waals surface area contributed by atoms with Crippen LogP contribution in [0.4, 0.5) is 10.1 Å². The minimum atomic E-state index is -0.596. The lowest BCUT2D eigenvalue weighted by molar-refractivity contribution is 0.0974. The van der Waals surface area contributed by atoms with Crippen LogP contribution in [0, 0.1) is 5.82 Å². The third-order valence-corrected chi connectivity index (χ3v) is 2.97. The van der Waals surface area contributed by atoms with E-state index in [2.05, 4.69) is 10.6 Å². The molecule has 0 heterocycles. The molecule has 0 unspecified atom stereocenters. The number of benzene rings is 2. The Morgan fingerprint density at radius 2 is 1.86 bits per heavy atom. The van der Waals surface area contributed by atoms with Gasteiger partial charge in [-0.3, -0.25) is 10.1 Å². The summed E-state index contributed by atoms with van der Waals surface area (Å²) in [5, 5.41) is 5.38. The highest BCUT2D eigenvalue weighted by atomic mass is 32.1. The standard InChI is InChI=1S/C16H15FN2O2S/c1-2-21-12-9-7-11(8-10-12)18-16(22)19-15(20)13-5-3-4-6-14(13)17/h3-10H,2H2,1H3,(H2,18,19,20,22). The predicted octanol–water partition coefficient (Wildman–Crippen LogP) is 3.35. The molecule has 0 aliphatic carbocycles. The van der Waals surface area contributed by atoms with Crippen molar-refractivity contribution in [2.24, 2.45) is 0 Å². The summed E-state index contributed by atoms with van der Waals surface area (Å²) in [6, 6.07) is 12.8. The molecule has 114 valence electrons. The molecule has 4 nitrogen and oxygen atoms in total. The maximum atomic E-state index is 13.5. The number of ether oxygens (including phenoxy) is 1. The van der Waals surface area contributed by atoms with Gasteiger partial charge in [-0.2, -0.15) is 0 Å². The Balaban J connectivity index is 1.95. The zero-order valence-electron chi connectivity index (χ0n) is 11.9.